The summed E-state index contributed by atoms with van der Waals surface area (Å²) in [5.74, 6) is 0.684. The highest BCUT2D eigenvalue weighted by Gasteiger charge is 2.25. The SMILES string of the molecule is CC(C)(CC(=O)O)Cc1nnc(COc2ccccc2)o1. The molecule has 1 aromatic heterocycles. The second-order valence-corrected chi connectivity index (χ2v) is 5.60. The van der Waals surface area contributed by atoms with Gasteiger partial charge in [-0.15, -0.1) is 10.2 Å². The number of hydrogen-bond acceptors (Lipinski definition) is 5. The number of carboxylic acids is 1. The molecule has 1 aromatic carbocycles. The highest BCUT2D eigenvalue weighted by molar-refractivity contribution is 5.67. The number of aromatic nitrogens is 2. The van der Waals surface area contributed by atoms with Crippen LogP contribution in [0.25, 0.3) is 0 Å². The number of rotatable bonds is 7. The Labute approximate surface area is 122 Å². The molecule has 0 aliphatic rings. The standard InChI is InChI=1S/C15H18N2O4/c1-15(2,9-14(18)19)8-12-16-17-13(21-12)10-20-11-6-4-3-5-7-11/h3-7H,8-10H2,1-2H3,(H,18,19). The lowest BCUT2D eigenvalue weighted by molar-refractivity contribution is -0.139. The average molecular weight is 290 g/mol. The molecule has 2 rings (SSSR count). The molecule has 112 valence electrons. The first kappa shape index (κ1) is 15.0. The zero-order valence-corrected chi connectivity index (χ0v) is 12.1. The number of para-hydroxylation sites is 1. The van der Waals surface area contributed by atoms with Crippen molar-refractivity contribution in [3.8, 4) is 5.75 Å². The topological polar surface area (TPSA) is 85.5 Å². The molecule has 1 heterocycles. The van der Waals surface area contributed by atoms with Crippen molar-refractivity contribution in [3.05, 3.63) is 42.1 Å². The summed E-state index contributed by atoms with van der Waals surface area (Å²) in [5, 5.41) is 16.7. The van der Waals surface area contributed by atoms with E-state index in [0.717, 1.165) is 5.75 Å². The molecule has 0 spiro atoms. The van der Waals surface area contributed by atoms with Gasteiger partial charge in [0, 0.05) is 6.42 Å². The van der Waals surface area contributed by atoms with Crippen molar-refractivity contribution >= 4 is 5.97 Å². The second kappa shape index (κ2) is 6.39. The molecule has 0 atom stereocenters. The van der Waals surface area contributed by atoms with E-state index >= 15 is 0 Å². The highest BCUT2D eigenvalue weighted by atomic mass is 16.5. The Kier molecular flexibility index (Phi) is 4.57. The third-order valence-electron chi connectivity index (χ3n) is 2.87. The Morgan fingerprint density at radius 1 is 1.24 bits per heavy atom. The van der Waals surface area contributed by atoms with Crippen LogP contribution in [-0.2, 0) is 17.8 Å². The fourth-order valence-electron chi connectivity index (χ4n) is 1.96. The summed E-state index contributed by atoms with van der Waals surface area (Å²) in [4.78, 5) is 10.8. The van der Waals surface area contributed by atoms with E-state index in [1.807, 2.05) is 44.2 Å². The third kappa shape index (κ3) is 4.91. The number of nitrogens with zero attached hydrogens (tertiary/aromatic N) is 2. The molecule has 6 nitrogen and oxygen atoms in total. The van der Waals surface area contributed by atoms with E-state index < -0.39 is 11.4 Å². The number of carbonyl (C=O) groups is 1. The molecular weight excluding hydrogens is 272 g/mol. The molecule has 0 aliphatic carbocycles. The average Bonchev–Trinajstić information content (AvgIpc) is 2.82. The van der Waals surface area contributed by atoms with Gasteiger partial charge in [-0.05, 0) is 17.5 Å². The molecule has 0 amide bonds. The van der Waals surface area contributed by atoms with Gasteiger partial charge in [-0.2, -0.15) is 0 Å². The predicted molar refractivity (Wildman–Crippen MR) is 74.8 cm³/mol. The largest absolute Gasteiger partial charge is 0.484 e. The molecule has 6 heteroatoms. The van der Waals surface area contributed by atoms with E-state index in [1.165, 1.54) is 0 Å². The zero-order chi connectivity index (χ0) is 15.3. The van der Waals surface area contributed by atoms with E-state index in [9.17, 15) is 4.79 Å². The van der Waals surface area contributed by atoms with Crippen LogP contribution in [0.5, 0.6) is 5.75 Å². The van der Waals surface area contributed by atoms with Crippen LogP contribution in [0.4, 0.5) is 0 Å². The van der Waals surface area contributed by atoms with Gasteiger partial charge in [0.05, 0.1) is 6.42 Å². The van der Waals surface area contributed by atoms with Gasteiger partial charge < -0.3 is 14.3 Å². The van der Waals surface area contributed by atoms with Crippen LogP contribution in [0.15, 0.2) is 34.7 Å². The summed E-state index contributed by atoms with van der Waals surface area (Å²) >= 11 is 0. The Hall–Kier alpha value is -2.37. The Balaban J connectivity index is 1.91. The molecule has 0 fully saturated rings. The molecule has 0 saturated carbocycles. The minimum Gasteiger partial charge on any atom is -0.484 e. The van der Waals surface area contributed by atoms with Gasteiger partial charge in [0.15, 0.2) is 6.61 Å². The molecule has 0 unspecified atom stereocenters. The van der Waals surface area contributed by atoms with Crippen molar-refractivity contribution in [1.29, 1.82) is 0 Å². The third-order valence-corrected chi connectivity index (χ3v) is 2.87. The predicted octanol–water partition coefficient (Wildman–Crippen LogP) is 2.69. The van der Waals surface area contributed by atoms with E-state index in [0.29, 0.717) is 18.2 Å². The van der Waals surface area contributed by atoms with E-state index in [1.54, 1.807) is 0 Å². The van der Waals surface area contributed by atoms with Crippen molar-refractivity contribution in [2.75, 3.05) is 0 Å². The fraction of sp³-hybridized carbons (Fsp3) is 0.400. The summed E-state index contributed by atoms with van der Waals surface area (Å²) in [6.07, 6.45) is 0.461. The Bertz CT molecular complexity index is 593. The zero-order valence-electron chi connectivity index (χ0n) is 12.1. The summed E-state index contributed by atoms with van der Waals surface area (Å²) in [6, 6.07) is 9.34. The first-order valence-electron chi connectivity index (χ1n) is 6.65. The summed E-state index contributed by atoms with van der Waals surface area (Å²) in [6.45, 7) is 3.90. The maximum absolute atomic E-state index is 10.8. The lowest BCUT2D eigenvalue weighted by Gasteiger charge is -2.19. The van der Waals surface area contributed by atoms with Crippen molar-refractivity contribution in [2.24, 2.45) is 5.41 Å². The van der Waals surface area contributed by atoms with Gasteiger partial charge in [-0.25, -0.2) is 0 Å². The van der Waals surface area contributed by atoms with E-state index in [2.05, 4.69) is 10.2 Å². The minimum atomic E-state index is -0.841. The summed E-state index contributed by atoms with van der Waals surface area (Å²) in [7, 11) is 0. The van der Waals surface area contributed by atoms with Gasteiger partial charge >= 0.3 is 5.97 Å². The monoisotopic (exact) mass is 290 g/mol. The van der Waals surface area contributed by atoms with Crippen molar-refractivity contribution < 1.29 is 19.1 Å². The molecular formula is C15H18N2O4. The van der Waals surface area contributed by atoms with Crippen LogP contribution < -0.4 is 4.74 Å². The molecule has 0 radical (unpaired) electrons. The van der Waals surface area contributed by atoms with Gasteiger partial charge in [-0.1, -0.05) is 32.0 Å². The number of aliphatic carboxylic acids is 1. The van der Waals surface area contributed by atoms with Crippen LogP contribution in [0.3, 0.4) is 0 Å². The van der Waals surface area contributed by atoms with Crippen LogP contribution in [0.1, 0.15) is 32.0 Å². The maximum atomic E-state index is 10.8. The minimum absolute atomic E-state index is 0.0469. The first-order chi connectivity index (χ1) is 9.94. The number of hydrogen-bond donors (Lipinski definition) is 1. The van der Waals surface area contributed by atoms with Crippen molar-refractivity contribution in [3.63, 3.8) is 0 Å². The lowest BCUT2D eigenvalue weighted by Crippen LogP contribution is -2.19. The second-order valence-electron chi connectivity index (χ2n) is 5.60. The molecule has 0 bridgehead atoms. The normalized spacial score (nSPS) is 11.3. The summed E-state index contributed by atoms with van der Waals surface area (Å²) in [5.41, 5.74) is -0.435. The van der Waals surface area contributed by atoms with Gasteiger partial charge in [0.25, 0.3) is 5.89 Å². The number of ether oxygens (including phenoxy) is 1. The quantitative estimate of drug-likeness (QED) is 0.843. The Morgan fingerprint density at radius 2 is 1.90 bits per heavy atom. The summed E-state index contributed by atoms with van der Waals surface area (Å²) < 4.78 is 11.0. The van der Waals surface area contributed by atoms with Gasteiger partial charge in [0.1, 0.15) is 5.75 Å². The maximum Gasteiger partial charge on any atom is 0.303 e. The van der Waals surface area contributed by atoms with Gasteiger partial charge in [-0.3, -0.25) is 4.79 Å². The molecule has 1 N–H and O–H groups in total. The van der Waals surface area contributed by atoms with Crippen LogP contribution in [0, 0.1) is 5.41 Å². The van der Waals surface area contributed by atoms with Crippen molar-refractivity contribution in [1.82, 2.24) is 10.2 Å². The van der Waals surface area contributed by atoms with Crippen LogP contribution >= 0.6 is 0 Å². The highest BCUT2D eigenvalue weighted by Crippen LogP contribution is 2.25. The van der Waals surface area contributed by atoms with Crippen LogP contribution in [0.2, 0.25) is 0 Å². The Morgan fingerprint density at radius 3 is 2.57 bits per heavy atom. The van der Waals surface area contributed by atoms with Crippen molar-refractivity contribution in [2.45, 2.75) is 33.3 Å². The number of carboxylic acid groups (broad SMARTS) is 1. The van der Waals surface area contributed by atoms with Gasteiger partial charge in [0.2, 0.25) is 5.89 Å². The molecule has 21 heavy (non-hydrogen) atoms. The van der Waals surface area contributed by atoms with Crippen LogP contribution in [-0.4, -0.2) is 21.3 Å². The lowest BCUT2D eigenvalue weighted by atomic mass is 9.86. The van der Waals surface area contributed by atoms with E-state index in [4.69, 9.17) is 14.3 Å². The molecule has 0 saturated heterocycles. The molecule has 0 aliphatic heterocycles. The number of benzene rings is 1. The van der Waals surface area contributed by atoms with E-state index in [-0.39, 0.29) is 13.0 Å². The fourth-order valence-corrected chi connectivity index (χ4v) is 1.96. The smallest absolute Gasteiger partial charge is 0.303 e. The first-order valence-corrected chi connectivity index (χ1v) is 6.65. The molecule has 2 aromatic rings.